The predicted octanol–water partition coefficient (Wildman–Crippen LogP) is 1.48. The largest absolute Gasteiger partial charge is 0.477 e. The number of carboxylic acids is 1. The van der Waals surface area contributed by atoms with Crippen molar-refractivity contribution in [3.8, 4) is 0 Å². The van der Waals surface area contributed by atoms with Crippen LogP contribution in [0.15, 0.2) is 18.3 Å². The SMILES string of the molecule is O=C(O)c1ncccc1COC1CCOCC1. The molecule has 0 aromatic carbocycles. The van der Waals surface area contributed by atoms with Gasteiger partial charge in [-0.3, -0.25) is 0 Å². The van der Waals surface area contributed by atoms with E-state index in [-0.39, 0.29) is 11.8 Å². The van der Waals surface area contributed by atoms with Crippen LogP contribution in [0.5, 0.6) is 0 Å². The number of nitrogens with zero attached hydrogens (tertiary/aromatic N) is 1. The number of hydrogen-bond donors (Lipinski definition) is 1. The number of carbonyl (C=O) groups is 1. The van der Waals surface area contributed by atoms with Gasteiger partial charge in [0.1, 0.15) is 0 Å². The van der Waals surface area contributed by atoms with Crippen LogP contribution in [0.1, 0.15) is 28.9 Å². The number of ether oxygens (including phenoxy) is 2. The predicted molar refractivity (Wildman–Crippen MR) is 59.8 cm³/mol. The zero-order valence-electron chi connectivity index (χ0n) is 9.46. The van der Waals surface area contributed by atoms with E-state index < -0.39 is 5.97 Å². The van der Waals surface area contributed by atoms with E-state index in [9.17, 15) is 4.79 Å². The molecule has 0 spiro atoms. The first-order valence-corrected chi connectivity index (χ1v) is 5.64. The molecule has 0 unspecified atom stereocenters. The zero-order valence-corrected chi connectivity index (χ0v) is 9.46. The first-order chi connectivity index (χ1) is 8.27. The maximum Gasteiger partial charge on any atom is 0.354 e. The van der Waals surface area contributed by atoms with E-state index in [1.165, 1.54) is 6.20 Å². The third-order valence-electron chi connectivity index (χ3n) is 2.74. The molecule has 5 heteroatoms. The minimum absolute atomic E-state index is 0.0690. The summed E-state index contributed by atoms with van der Waals surface area (Å²) in [5.41, 5.74) is 0.686. The lowest BCUT2D eigenvalue weighted by Crippen LogP contribution is -2.23. The Bertz CT molecular complexity index is 388. The molecule has 17 heavy (non-hydrogen) atoms. The van der Waals surface area contributed by atoms with Crippen LogP contribution in [-0.2, 0) is 16.1 Å². The smallest absolute Gasteiger partial charge is 0.354 e. The van der Waals surface area contributed by atoms with E-state index in [2.05, 4.69) is 4.98 Å². The summed E-state index contributed by atoms with van der Waals surface area (Å²) in [6.45, 7) is 1.72. The van der Waals surface area contributed by atoms with Crippen LogP contribution in [0.4, 0.5) is 0 Å². The highest BCUT2D eigenvalue weighted by molar-refractivity contribution is 5.86. The number of rotatable bonds is 4. The van der Waals surface area contributed by atoms with Gasteiger partial charge in [-0.05, 0) is 18.9 Å². The summed E-state index contributed by atoms with van der Waals surface area (Å²) >= 11 is 0. The van der Waals surface area contributed by atoms with E-state index in [0.29, 0.717) is 25.4 Å². The van der Waals surface area contributed by atoms with Crippen LogP contribution in [0.2, 0.25) is 0 Å². The second-order valence-electron chi connectivity index (χ2n) is 3.94. The van der Waals surface area contributed by atoms with Crippen molar-refractivity contribution in [2.45, 2.75) is 25.6 Å². The lowest BCUT2D eigenvalue weighted by molar-refractivity contribution is -0.0393. The summed E-state index contributed by atoms with van der Waals surface area (Å²) < 4.78 is 10.9. The molecule has 1 aromatic rings. The van der Waals surface area contributed by atoms with Crippen LogP contribution in [0.3, 0.4) is 0 Å². The van der Waals surface area contributed by atoms with Gasteiger partial charge in [-0.2, -0.15) is 0 Å². The molecule has 0 radical (unpaired) electrons. The average Bonchev–Trinajstić information content (AvgIpc) is 2.38. The van der Waals surface area contributed by atoms with Crippen molar-refractivity contribution >= 4 is 5.97 Å². The fraction of sp³-hybridized carbons (Fsp3) is 0.500. The molecule has 1 aromatic heterocycles. The highest BCUT2D eigenvalue weighted by atomic mass is 16.5. The minimum atomic E-state index is -1.02. The number of aromatic carboxylic acids is 1. The van der Waals surface area contributed by atoms with Crippen molar-refractivity contribution in [1.82, 2.24) is 4.98 Å². The summed E-state index contributed by atoms with van der Waals surface area (Å²) in [7, 11) is 0. The Morgan fingerprint density at radius 3 is 3.00 bits per heavy atom. The standard InChI is InChI=1S/C12H15NO4/c14-12(15)11-9(2-1-5-13-11)8-17-10-3-6-16-7-4-10/h1-2,5,10H,3-4,6-8H2,(H,14,15). The Balaban J connectivity index is 1.96. The Morgan fingerprint density at radius 1 is 1.53 bits per heavy atom. The van der Waals surface area contributed by atoms with Crippen LogP contribution in [0.25, 0.3) is 0 Å². The Morgan fingerprint density at radius 2 is 2.29 bits per heavy atom. The van der Waals surface area contributed by atoms with Crippen molar-refractivity contribution < 1.29 is 19.4 Å². The van der Waals surface area contributed by atoms with E-state index in [0.717, 1.165) is 12.8 Å². The molecule has 1 N–H and O–H groups in total. The maximum atomic E-state index is 10.9. The van der Waals surface area contributed by atoms with Crippen molar-refractivity contribution in [2.75, 3.05) is 13.2 Å². The van der Waals surface area contributed by atoms with Crippen LogP contribution in [0, 0.1) is 0 Å². The molecule has 1 fully saturated rings. The second-order valence-corrected chi connectivity index (χ2v) is 3.94. The number of pyridine rings is 1. The zero-order chi connectivity index (χ0) is 12.1. The summed E-state index contributed by atoms with van der Waals surface area (Å²) in [6.07, 6.45) is 3.36. The van der Waals surface area contributed by atoms with E-state index in [4.69, 9.17) is 14.6 Å². The highest BCUT2D eigenvalue weighted by Gasteiger charge is 2.16. The molecule has 0 bridgehead atoms. The monoisotopic (exact) mass is 237 g/mol. The molecule has 2 heterocycles. The first-order valence-electron chi connectivity index (χ1n) is 5.64. The molecule has 1 aliphatic heterocycles. The van der Waals surface area contributed by atoms with Crippen molar-refractivity contribution in [3.63, 3.8) is 0 Å². The second kappa shape index (κ2) is 5.75. The van der Waals surface area contributed by atoms with E-state index in [1.807, 2.05) is 0 Å². The maximum absolute atomic E-state index is 10.9. The van der Waals surface area contributed by atoms with Crippen LogP contribution in [-0.4, -0.2) is 35.4 Å². The van der Waals surface area contributed by atoms with Gasteiger partial charge in [0.15, 0.2) is 5.69 Å². The van der Waals surface area contributed by atoms with Gasteiger partial charge in [0, 0.05) is 25.0 Å². The molecule has 92 valence electrons. The molecular formula is C12H15NO4. The first kappa shape index (κ1) is 12.0. The molecule has 0 aliphatic carbocycles. The third kappa shape index (κ3) is 3.25. The Hall–Kier alpha value is -1.46. The van der Waals surface area contributed by atoms with Gasteiger partial charge in [-0.1, -0.05) is 6.07 Å². The van der Waals surface area contributed by atoms with Gasteiger partial charge in [0.25, 0.3) is 0 Å². The molecule has 2 rings (SSSR count). The molecule has 0 saturated carbocycles. The fourth-order valence-corrected chi connectivity index (χ4v) is 1.80. The van der Waals surface area contributed by atoms with E-state index in [1.54, 1.807) is 12.1 Å². The summed E-state index contributed by atoms with van der Waals surface area (Å²) in [5, 5.41) is 8.96. The molecule has 1 aliphatic rings. The summed E-state index contributed by atoms with van der Waals surface area (Å²) in [4.78, 5) is 14.8. The van der Waals surface area contributed by atoms with Crippen LogP contribution >= 0.6 is 0 Å². The lowest BCUT2D eigenvalue weighted by Gasteiger charge is -2.22. The molecular weight excluding hydrogens is 222 g/mol. The van der Waals surface area contributed by atoms with Gasteiger partial charge in [-0.25, -0.2) is 9.78 Å². The molecule has 0 atom stereocenters. The normalized spacial score (nSPS) is 16.9. The van der Waals surface area contributed by atoms with Crippen molar-refractivity contribution in [3.05, 3.63) is 29.6 Å². The topological polar surface area (TPSA) is 68.7 Å². The van der Waals surface area contributed by atoms with Gasteiger partial charge in [-0.15, -0.1) is 0 Å². The Labute approximate surface area is 99.4 Å². The lowest BCUT2D eigenvalue weighted by atomic mass is 10.1. The van der Waals surface area contributed by atoms with Crippen molar-refractivity contribution in [2.24, 2.45) is 0 Å². The minimum Gasteiger partial charge on any atom is -0.477 e. The Kier molecular flexibility index (Phi) is 4.06. The van der Waals surface area contributed by atoms with Gasteiger partial charge < -0.3 is 14.6 Å². The number of aromatic nitrogens is 1. The molecule has 0 amide bonds. The third-order valence-corrected chi connectivity index (χ3v) is 2.74. The van der Waals surface area contributed by atoms with Gasteiger partial charge in [0.05, 0.1) is 12.7 Å². The average molecular weight is 237 g/mol. The number of carboxylic acid groups (broad SMARTS) is 1. The number of hydrogen-bond acceptors (Lipinski definition) is 4. The molecule has 5 nitrogen and oxygen atoms in total. The van der Waals surface area contributed by atoms with Crippen molar-refractivity contribution in [1.29, 1.82) is 0 Å². The van der Waals surface area contributed by atoms with Gasteiger partial charge in [0.2, 0.25) is 0 Å². The summed E-state index contributed by atoms with van der Waals surface area (Å²) in [6, 6.07) is 3.45. The quantitative estimate of drug-likeness (QED) is 0.858. The van der Waals surface area contributed by atoms with Gasteiger partial charge >= 0.3 is 5.97 Å². The summed E-state index contributed by atoms with van der Waals surface area (Å²) in [5.74, 6) is -1.02. The van der Waals surface area contributed by atoms with Crippen LogP contribution < -0.4 is 0 Å². The fourth-order valence-electron chi connectivity index (χ4n) is 1.80. The highest BCUT2D eigenvalue weighted by Crippen LogP contribution is 2.14. The van der Waals surface area contributed by atoms with E-state index >= 15 is 0 Å². The molecule has 1 saturated heterocycles.